The summed E-state index contributed by atoms with van der Waals surface area (Å²) in [6, 6.07) is 9.82. The largest absolute Gasteiger partial charge is 0.311 e. The fraction of sp³-hybridized carbons (Fsp3) is 0.625. The Hall–Kier alpha value is -0.980. The number of hydrogen-bond acceptors (Lipinski definition) is 5. The average Bonchev–Trinajstić information content (AvgIpc) is 2.45. The van der Waals surface area contributed by atoms with Crippen molar-refractivity contribution in [1.29, 1.82) is 0 Å². The van der Waals surface area contributed by atoms with Crippen LogP contribution in [0.2, 0.25) is 0 Å². The van der Waals surface area contributed by atoms with Gasteiger partial charge in [-0.15, -0.1) is 0 Å². The van der Waals surface area contributed by atoms with Crippen molar-refractivity contribution in [1.82, 2.24) is 0 Å². The van der Waals surface area contributed by atoms with E-state index in [9.17, 15) is 0 Å². The van der Waals surface area contributed by atoms with Gasteiger partial charge in [0.05, 0.1) is 0 Å². The van der Waals surface area contributed by atoms with Gasteiger partial charge in [0, 0.05) is 23.8 Å². The topological polar surface area (TPSA) is 46.2 Å². The minimum absolute atomic E-state index is 0.274. The zero-order valence-electron chi connectivity index (χ0n) is 12.7. The molecule has 2 heterocycles. The van der Waals surface area contributed by atoms with Crippen LogP contribution < -0.4 is 0 Å². The maximum absolute atomic E-state index is 5.97. The minimum atomic E-state index is -0.933. The molecule has 0 aromatic heterocycles. The summed E-state index contributed by atoms with van der Waals surface area (Å²) in [6.45, 7) is 5.99. The van der Waals surface area contributed by atoms with Gasteiger partial charge in [0.1, 0.15) is 0 Å². The van der Waals surface area contributed by atoms with Crippen LogP contribution in [-0.2, 0) is 30.1 Å². The molecule has 0 N–H and O–H groups in total. The first-order valence-electron chi connectivity index (χ1n) is 7.40. The van der Waals surface area contributed by atoms with Crippen LogP contribution in [0.25, 0.3) is 0 Å². The normalized spacial score (nSPS) is 34.0. The molecule has 5 nitrogen and oxygen atoms in total. The lowest BCUT2D eigenvalue weighted by Gasteiger charge is -2.43. The molecule has 1 unspecified atom stereocenters. The smallest absolute Gasteiger partial charge is 0.230 e. The van der Waals surface area contributed by atoms with E-state index in [1.807, 2.05) is 51.1 Å². The Morgan fingerprint density at radius 3 is 2.52 bits per heavy atom. The summed E-state index contributed by atoms with van der Waals surface area (Å²) in [5.74, 6) is -0.933. The zero-order valence-corrected chi connectivity index (χ0v) is 12.7. The van der Waals surface area contributed by atoms with Crippen molar-refractivity contribution in [2.75, 3.05) is 0 Å². The predicted molar refractivity (Wildman–Crippen MR) is 74.4 cm³/mol. The van der Waals surface area contributed by atoms with E-state index >= 15 is 0 Å². The van der Waals surface area contributed by atoms with Crippen LogP contribution in [0, 0.1) is 5.41 Å². The summed E-state index contributed by atoms with van der Waals surface area (Å²) in [4.78, 5) is 22.0. The van der Waals surface area contributed by atoms with Crippen molar-refractivity contribution in [3.05, 3.63) is 35.9 Å². The first-order valence-corrected chi connectivity index (χ1v) is 7.40. The predicted octanol–water partition coefficient (Wildman–Crippen LogP) is 3.65. The van der Waals surface area contributed by atoms with Crippen LogP contribution >= 0.6 is 0 Å². The van der Waals surface area contributed by atoms with Crippen LogP contribution in [0.1, 0.15) is 45.6 Å². The molecule has 116 valence electrons. The summed E-state index contributed by atoms with van der Waals surface area (Å²) in [6.07, 6.45) is 1.33. The van der Waals surface area contributed by atoms with Gasteiger partial charge in [-0.2, -0.15) is 14.7 Å². The minimum Gasteiger partial charge on any atom is -0.311 e. The number of fused-ring (bicyclic) bond motifs is 2. The standard InChI is InChI=1S/C16H22O5/c1-15(2,3)14-19-18-13-10-7-11-16(17-13,21-20-14)12-8-5-4-6-9-12/h4-6,8-9,13-14H,7,10-11H2,1-3H3/t13-,14?,16-/m0/s1. The fourth-order valence-electron chi connectivity index (χ4n) is 2.45. The van der Waals surface area contributed by atoms with Gasteiger partial charge in [-0.1, -0.05) is 51.1 Å². The molecule has 3 atom stereocenters. The maximum atomic E-state index is 5.97. The molecular weight excluding hydrogens is 272 g/mol. The van der Waals surface area contributed by atoms with Crippen molar-refractivity contribution in [3.63, 3.8) is 0 Å². The van der Waals surface area contributed by atoms with E-state index in [4.69, 9.17) is 24.3 Å². The molecule has 0 aliphatic carbocycles. The van der Waals surface area contributed by atoms with Crippen LogP contribution in [0.15, 0.2) is 30.3 Å². The van der Waals surface area contributed by atoms with Gasteiger partial charge >= 0.3 is 0 Å². The van der Waals surface area contributed by atoms with Crippen LogP contribution in [-0.4, -0.2) is 12.6 Å². The van der Waals surface area contributed by atoms with Crippen LogP contribution in [0.5, 0.6) is 0 Å². The van der Waals surface area contributed by atoms with Crippen LogP contribution in [0.4, 0.5) is 0 Å². The van der Waals surface area contributed by atoms with E-state index in [0.29, 0.717) is 6.42 Å². The van der Waals surface area contributed by atoms with Crippen molar-refractivity contribution >= 4 is 0 Å². The Kier molecular flexibility index (Phi) is 4.03. The monoisotopic (exact) mass is 294 g/mol. The fourth-order valence-corrected chi connectivity index (χ4v) is 2.45. The second-order valence-corrected chi connectivity index (χ2v) is 6.63. The third-order valence-corrected chi connectivity index (χ3v) is 3.71. The van der Waals surface area contributed by atoms with Gasteiger partial charge in [0.15, 0.2) is 6.29 Å². The Morgan fingerprint density at radius 2 is 1.81 bits per heavy atom. The summed E-state index contributed by atoms with van der Waals surface area (Å²) in [5.41, 5.74) is 0.650. The van der Waals surface area contributed by atoms with Crippen molar-refractivity contribution in [2.45, 2.75) is 58.4 Å². The van der Waals surface area contributed by atoms with E-state index in [0.717, 1.165) is 18.4 Å². The Bertz CT molecular complexity index is 469. The second kappa shape index (κ2) is 5.66. The average molecular weight is 294 g/mol. The van der Waals surface area contributed by atoms with Gasteiger partial charge in [-0.3, -0.25) is 0 Å². The van der Waals surface area contributed by atoms with E-state index in [2.05, 4.69) is 0 Å². The highest BCUT2D eigenvalue weighted by atomic mass is 17.3. The van der Waals surface area contributed by atoms with E-state index in [-0.39, 0.29) is 5.41 Å². The highest BCUT2D eigenvalue weighted by Crippen LogP contribution is 2.42. The summed E-state index contributed by atoms with van der Waals surface area (Å²) < 4.78 is 5.97. The van der Waals surface area contributed by atoms with E-state index in [1.54, 1.807) is 0 Å². The summed E-state index contributed by atoms with van der Waals surface area (Å²) in [5, 5.41) is 0. The van der Waals surface area contributed by atoms with Gasteiger partial charge in [-0.05, 0) is 6.42 Å². The lowest BCUT2D eigenvalue weighted by molar-refractivity contribution is -0.598. The quantitative estimate of drug-likeness (QED) is 0.740. The number of ether oxygens (including phenoxy) is 1. The molecule has 0 radical (unpaired) electrons. The summed E-state index contributed by atoms with van der Waals surface area (Å²) in [7, 11) is 0. The van der Waals surface area contributed by atoms with Crippen molar-refractivity contribution < 1.29 is 24.3 Å². The Labute approximate surface area is 124 Å². The second-order valence-electron chi connectivity index (χ2n) is 6.63. The first kappa shape index (κ1) is 14.9. The number of rotatable bonds is 1. The molecule has 0 saturated carbocycles. The van der Waals surface area contributed by atoms with E-state index < -0.39 is 18.4 Å². The number of benzene rings is 1. The number of hydrogen-bond donors (Lipinski definition) is 0. The van der Waals surface area contributed by atoms with Gasteiger partial charge < -0.3 is 4.74 Å². The van der Waals surface area contributed by atoms with Gasteiger partial charge in [0.25, 0.3) is 0 Å². The molecule has 2 saturated heterocycles. The molecule has 1 aromatic rings. The molecule has 2 fully saturated rings. The molecule has 5 heteroatoms. The molecule has 21 heavy (non-hydrogen) atoms. The molecule has 1 aromatic carbocycles. The molecule has 2 aliphatic heterocycles. The molecule has 2 bridgehead atoms. The lowest BCUT2D eigenvalue weighted by atomic mass is 9.96. The SMILES string of the molecule is CC(C)(C)C1OO[C@H]2CCC[C@@](c3ccccc3)(OO1)O2. The maximum Gasteiger partial charge on any atom is 0.230 e. The molecule has 2 aliphatic rings. The third kappa shape index (κ3) is 3.12. The molecular formula is C16H22O5. The molecule has 0 amide bonds. The highest BCUT2D eigenvalue weighted by Gasteiger charge is 2.46. The Balaban J connectivity index is 1.88. The molecule has 3 rings (SSSR count). The van der Waals surface area contributed by atoms with Gasteiger partial charge in [-0.25, -0.2) is 4.89 Å². The van der Waals surface area contributed by atoms with E-state index in [1.165, 1.54) is 0 Å². The van der Waals surface area contributed by atoms with Crippen molar-refractivity contribution in [2.24, 2.45) is 5.41 Å². The summed E-state index contributed by atoms with van der Waals surface area (Å²) >= 11 is 0. The third-order valence-electron chi connectivity index (χ3n) is 3.71. The Morgan fingerprint density at radius 1 is 1.05 bits per heavy atom. The highest BCUT2D eigenvalue weighted by molar-refractivity contribution is 5.20. The van der Waals surface area contributed by atoms with Crippen LogP contribution in [0.3, 0.4) is 0 Å². The zero-order chi connectivity index (χ0) is 14.9. The molecule has 0 spiro atoms. The van der Waals surface area contributed by atoms with Gasteiger partial charge in [0.2, 0.25) is 12.1 Å². The van der Waals surface area contributed by atoms with Crippen molar-refractivity contribution in [3.8, 4) is 0 Å². The lowest BCUT2D eigenvalue weighted by Crippen LogP contribution is -2.47. The first-order chi connectivity index (χ1) is 10.00.